The Kier molecular flexibility index (Phi) is 19.7. The van der Waals surface area contributed by atoms with Gasteiger partial charge < -0.3 is 9.64 Å². The molecule has 0 rings (SSSR count). The minimum atomic E-state index is -0.359. The second-order valence-corrected chi connectivity index (χ2v) is 2.35. The van der Waals surface area contributed by atoms with Gasteiger partial charge in [-0.05, 0) is 27.6 Å². The molecule has 0 aliphatic heterocycles. The first kappa shape index (κ1) is 18.3. The van der Waals surface area contributed by atoms with Crippen LogP contribution in [0, 0.1) is 0 Å². The SMILES string of the molecule is C=CC(=O)OCC.CCN(C)C.Cl. The van der Waals surface area contributed by atoms with Crippen LogP contribution in [0.2, 0.25) is 0 Å². The summed E-state index contributed by atoms with van der Waals surface area (Å²) in [6.45, 7) is 8.64. The van der Waals surface area contributed by atoms with Gasteiger partial charge in [-0.3, -0.25) is 0 Å². The molecular formula is C9H20ClNO2. The molecule has 0 unspecified atom stereocenters. The van der Waals surface area contributed by atoms with Gasteiger partial charge in [-0.15, -0.1) is 12.4 Å². The van der Waals surface area contributed by atoms with Gasteiger partial charge in [-0.1, -0.05) is 13.5 Å². The van der Waals surface area contributed by atoms with Gasteiger partial charge in [0, 0.05) is 6.08 Å². The summed E-state index contributed by atoms with van der Waals surface area (Å²) < 4.78 is 4.43. The number of carbonyl (C=O) groups excluding carboxylic acids is 1. The Morgan fingerprint density at radius 3 is 1.92 bits per heavy atom. The van der Waals surface area contributed by atoms with Gasteiger partial charge in [0.2, 0.25) is 0 Å². The van der Waals surface area contributed by atoms with Crippen molar-refractivity contribution in [2.24, 2.45) is 0 Å². The number of hydrogen-bond donors (Lipinski definition) is 0. The van der Waals surface area contributed by atoms with Crippen LogP contribution in [-0.2, 0) is 9.53 Å². The summed E-state index contributed by atoms with van der Waals surface area (Å²) >= 11 is 0. The lowest BCUT2D eigenvalue weighted by molar-refractivity contribution is -0.137. The monoisotopic (exact) mass is 209 g/mol. The highest BCUT2D eigenvalue weighted by Gasteiger charge is 1.86. The van der Waals surface area contributed by atoms with Crippen LogP contribution in [-0.4, -0.2) is 38.1 Å². The number of ether oxygens (including phenoxy) is 1. The second-order valence-electron chi connectivity index (χ2n) is 2.35. The third-order valence-corrected chi connectivity index (χ3v) is 1.09. The lowest BCUT2D eigenvalue weighted by atomic mass is 10.6. The van der Waals surface area contributed by atoms with Crippen LogP contribution in [0.25, 0.3) is 0 Å². The van der Waals surface area contributed by atoms with Gasteiger partial charge in [-0.2, -0.15) is 0 Å². The molecular weight excluding hydrogens is 190 g/mol. The van der Waals surface area contributed by atoms with Crippen molar-refractivity contribution in [2.75, 3.05) is 27.2 Å². The van der Waals surface area contributed by atoms with E-state index in [1.165, 1.54) is 0 Å². The minimum absolute atomic E-state index is 0. The topological polar surface area (TPSA) is 29.5 Å². The van der Waals surface area contributed by atoms with E-state index >= 15 is 0 Å². The van der Waals surface area contributed by atoms with Crippen LogP contribution in [0.4, 0.5) is 0 Å². The van der Waals surface area contributed by atoms with E-state index in [1.807, 2.05) is 0 Å². The van der Waals surface area contributed by atoms with E-state index in [4.69, 9.17) is 0 Å². The molecule has 0 amide bonds. The summed E-state index contributed by atoms with van der Waals surface area (Å²) in [5.74, 6) is -0.359. The van der Waals surface area contributed by atoms with Crippen LogP contribution in [0.15, 0.2) is 12.7 Å². The van der Waals surface area contributed by atoms with Crippen LogP contribution < -0.4 is 0 Å². The fourth-order valence-electron chi connectivity index (χ4n) is 0.201. The van der Waals surface area contributed by atoms with E-state index in [0.717, 1.165) is 12.6 Å². The van der Waals surface area contributed by atoms with Gasteiger partial charge >= 0.3 is 5.97 Å². The van der Waals surface area contributed by atoms with E-state index in [9.17, 15) is 4.79 Å². The Bertz CT molecular complexity index is 127. The van der Waals surface area contributed by atoms with Crippen LogP contribution >= 0.6 is 12.4 Å². The molecule has 0 bridgehead atoms. The molecule has 3 nitrogen and oxygen atoms in total. The first-order valence-electron chi connectivity index (χ1n) is 4.02. The van der Waals surface area contributed by atoms with Gasteiger partial charge in [-0.25, -0.2) is 4.79 Å². The fraction of sp³-hybridized carbons (Fsp3) is 0.667. The lowest BCUT2D eigenvalue weighted by Crippen LogP contribution is -2.08. The second kappa shape index (κ2) is 14.0. The highest BCUT2D eigenvalue weighted by Crippen LogP contribution is 1.74. The summed E-state index contributed by atoms with van der Waals surface area (Å²) in [4.78, 5) is 12.2. The Morgan fingerprint density at radius 2 is 1.85 bits per heavy atom. The molecule has 0 heterocycles. The first-order valence-corrected chi connectivity index (χ1v) is 4.02. The molecule has 4 heteroatoms. The molecule has 0 saturated heterocycles. The molecule has 0 aliphatic rings. The zero-order valence-corrected chi connectivity index (χ0v) is 9.69. The molecule has 80 valence electrons. The molecule has 0 aromatic rings. The van der Waals surface area contributed by atoms with E-state index in [-0.39, 0.29) is 18.4 Å². The molecule has 0 saturated carbocycles. The number of rotatable bonds is 3. The summed E-state index contributed by atoms with van der Waals surface area (Å²) in [5.41, 5.74) is 0. The quantitative estimate of drug-likeness (QED) is 0.524. The van der Waals surface area contributed by atoms with E-state index in [2.05, 4.69) is 37.2 Å². The molecule has 0 radical (unpaired) electrons. The number of hydrogen-bond acceptors (Lipinski definition) is 3. The maximum atomic E-state index is 10.1. The Balaban J connectivity index is -0.000000150. The third-order valence-electron chi connectivity index (χ3n) is 1.09. The van der Waals surface area contributed by atoms with Gasteiger partial charge in [0.1, 0.15) is 0 Å². The molecule has 0 spiro atoms. The van der Waals surface area contributed by atoms with Crippen molar-refractivity contribution >= 4 is 18.4 Å². The third kappa shape index (κ3) is 24.6. The van der Waals surface area contributed by atoms with Crippen LogP contribution in [0.1, 0.15) is 13.8 Å². The minimum Gasteiger partial charge on any atom is -0.463 e. The molecule has 0 atom stereocenters. The number of nitrogens with zero attached hydrogens (tertiary/aromatic N) is 1. The van der Waals surface area contributed by atoms with Crippen LogP contribution in [0.3, 0.4) is 0 Å². The van der Waals surface area contributed by atoms with Gasteiger partial charge in [0.05, 0.1) is 6.61 Å². The van der Waals surface area contributed by atoms with Crippen LogP contribution in [0.5, 0.6) is 0 Å². The molecule has 0 aromatic heterocycles. The molecule has 0 N–H and O–H groups in total. The number of esters is 1. The van der Waals surface area contributed by atoms with Crippen molar-refractivity contribution in [1.29, 1.82) is 0 Å². The number of carbonyl (C=O) groups is 1. The highest BCUT2D eigenvalue weighted by atomic mass is 35.5. The average Bonchev–Trinajstić information content (AvgIpc) is 2.06. The predicted octanol–water partition coefficient (Wildman–Crippen LogP) is 1.73. The van der Waals surface area contributed by atoms with E-state index in [0.29, 0.717) is 6.61 Å². The largest absolute Gasteiger partial charge is 0.463 e. The molecule has 0 aliphatic carbocycles. The van der Waals surface area contributed by atoms with Crippen molar-refractivity contribution < 1.29 is 9.53 Å². The highest BCUT2D eigenvalue weighted by molar-refractivity contribution is 5.85. The standard InChI is InChI=1S/C5H8O2.C4H11N.ClH/c1-3-5(6)7-4-2;1-4-5(2)3;/h3H,1,4H2,2H3;4H2,1-3H3;1H. The van der Waals surface area contributed by atoms with E-state index < -0.39 is 0 Å². The van der Waals surface area contributed by atoms with Crippen molar-refractivity contribution in [1.82, 2.24) is 4.90 Å². The lowest BCUT2D eigenvalue weighted by Gasteiger charge is -2.00. The zero-order chi connectivity index (χ0) is 9.98. The van der Waals surface area contributed by atoms with Crippen molar-refractivity contribution in [3.8, 4) is 0 Å². The molecule has 13 heavy (non-hydrogen) atoms. The Hall–Kier alpha value is -0.540. The Morgan fingerprint density at radius 1 is 1.46 bits per heavy atom. The zero-order valence-electron chi connectivity index (χ0n) is 8.87. The van der Waals surface area contributed by atoms with E-state index in [1.54, 1.807) is 6.92 Å². The summed E-state index contributed by atoms with van der Waals surface area (Å²) in [6.07, 6.45) is 1.14. The van der Waals surface area contributed by atoms with Gasteiger partial charge in [0.25, 0.3) is 0 Å². The summed E-state index contributed by atoms with van der Waals surface area (Å²) in [5, 5.41) is 0. The molecule has 0 aromatic carbocycles. The maximum absolute atomic E-state index is 10.1. The predicted molar refractivity (Wildman–Crippen MR) is 58.3 cm³/mol. The van der Waals surface area contributed by atoms with Gasteiger partial charge in [0.15, 0.2) is 0 Å². The number of halogens is 1. The van der Waals surface area contributed by atoms with Crippen molar-refractivity contribution in [3.63, 3.8) is 0 Å². The fourth-order valence-corrected chi connectivity index (χ4v) is 0.201. The smallest absolute Gasteiger partial charge is 0.330 e. The maximum Gasteiger partial charge on any atom is 0.330 e. The normalized spacial score (nSPS) is 7.77. The molecule has 0 fully saturated rings. The van der Waals surface area contributed by atoms with Crippen molar-refractivity contribution in [2.45, 2.75) is 13.8 Å². The Labute approximate surface area is 87.2 Å². The summed E-state index contributed by atoms with van der Waals surface area (Å²) in [6, 6.07) is 0. The van der Waals surface area contributed by atoms with Crippen molar-refractivity contribution in [3.05, 3.63) is 12.7 Å². The average molecular weight is 210 g/mol. The first-order chi connectivity index (χ1) is 5.58. The summed E-state index contributed by atoms with van der Waals surface area (Å²) in [7, 11) is 4.11.